The molecule has 0 spiro atoms. The molecule has 2 aliphatic rings. The fourth-order valence-electron chi connectivity index (χ4n) is 3.65. The SMILES string of the molecule is Fc1cccc(F)c1CN=C1C2=C(C(F)(F)F)NC(C(F)(F)F)=NC2NN1c1c(Cl)cc(C(F)(F)F)cc1Cl. The first kappa shape index (κ1) is 28.9. The Kier molecular flexibility index (Phi) is 7.27. The summed E-state index contributed by atoms with van der Waals surface area (Å²) in [7, 11) is 0. The molecule has 2 heterocycles. The van der Waals surface area contributed by atoms with Crippen molar-refractivity contribution in [3.63, 3.8) is 0 Å². The van der Waals surface area contributed by atoms with Gasteiger partial charge < -0.3 is 5.32 Å². The van der Waals surface area contributed by atoms with Crippen LogP contribution in [0.2, 0.25) is 10.0 Å². The number of halogens is 13. The van der Waals surface area contributed by atoms with Crippen molar-refractivity contribution in [2.75, 3.05) is 5.01 Å². The molecule has 18 heteroatoms. The number of nitrogens with one attached hydrogen (secondary N) is 2. The molecule has 0 aromatic heterocycles. The smallest absolute Gasteiger partial charge is 0.332 e. The fraction of sp³-hybridized carbons (Fsp3) is 0.238. The van der Waals surface area contributed by atoms with E-state index in [0.29, 0.717) is 17.1 Å². The quantitative estimate of drug-likeness (QED) is 0.371. The zero-order valence-electron chi connectivity index (χ0n) is 18.4. The monoisotopic (exact) mass is 611 g/mol. The minimum atomic E-state index is -5.48. The third kappa shape index (κ3) is 5.63. The van der Waals surface area contributed by atoms with Crippen LogP contribution < -0.4 is 15.8 Å². The highest BCUT2D eigenvalue weighted by Gasteiger charge is 2.52. The molecule has 0 aliphatic carbocycles. The molecule has 0 radical (unpaired) electrons. The summed E-state index contributed by atoms with van der Waals surface area (Å²) in [5.74, 6) is -5.27. The molecule has 0 bridgehead atoms. The Bertz CT molecular complexity index is 1370. The predicted octanol–water partition coefficient (Wildman–Crippen LogP) is 6.92. The number of alkyl halides is 9. The third-order valence-electron chi connectivity index (χ3n) is 5.32. The van der Waals surface area contributed by atoms with E-state index in [1.807, 2.05) is 0 Å². The van der Waals surface area contributed by atoms with Crippen LogP contribution in [0.1, 0.15) is 11.1 Å². The average molecular weight is 612 g/mol. The van der Waals surface area contributed by atoms with Crippen molar-refractivity contribution in [3.05, 3.63) is 74.4 Å². The molecule has 2 N–H and O–H groups in total. The lowest BCUT2D eigenvalue weighted by Gasteiger charge is -2.25. The topological polar surface area (TPSA) is 52.0 Å². The van der Waals surface area contributed by atoms with Crippen molar-refractivity contribution in [1.29, 1.82) is 0 Å². The summed E-state index contributed by atoms with van der Waals surface area (Å²) in [4.78, 5) is 6.96. The Morgan fingerprint density at radius 2 is 1.44 bits per heavy atom. The predicted molar refractivity (Wildman–Crippen MR) is 118 cm³/mol. The van der Waals surface area contributed by atoms with Gasteiger partial charge in [0, 0.05) is 5.56 Å². The van der Waals surface area contributed by atoms with Gasteiger partial charge in [-0.25, -0.2) is 13.8 Å². The van der Waals surface area contributed by atoms with Crippen LogP contribution in [0.4, 0.5) is 54.0 Å². The summed E-state index contributed by atoms with van der Waals surface area (Å²) in [5.41, 5.74) is -3.63. The van der Waals surface area contributed by atoms with Gasteiger partial charge in [-0.05, 0) is 24.3 Å². The molecular weight excluding hydrogens is 602 g/mol. The van der Waals surface area contributed by atoms with Gasteiger partial charge >= 0.3 is 18.5 Å². The first-order valence-corrected chi connectivity index (χ1v) is 11.0. The van der Waals surface area contributed by atoms with Gasteiger partial charge in [0.25, 0.3) is 0 Å². The number of amidine groups is 2. The third-order valence-corrected chi connectivity index (χ3v) is 5.89. The van der Waals surface area contributed by atoms with Crippen LogP contribution in [-0.4, -0.2) is 30.2 Å². The molecule has 2 aliphatic heterocycles. The van der Waals surface area contributed by atoms with Crippen LogP contribution in [0.5, 0.6) is 0 Å². The highest BCUT2D eigenvalue weighted by Crippen LogP contribution is 2.43. The standard InChI is InChI=1S/C21H10Cl2F11N5/c22-9-4-7(19(26,27)28)5-10(23)14(9)39-17(35-6-8-11(24)2-1-3-12(8)25)13-15(20(29,30)31)36-18(21(32,33)34)37-16(13)38-39/h1-5,16,38H,6H2,(H,36,37). The molecule has 1 atom stereocenters. The number of rotatable bonds is 3. The minimum Gasteiger partial charge on any atom is -0.332 e. The van der Waals surface area contributed by atoms with E-state index in [1.165, 1.54) is 0 Å². The van der Waals surface area contributed by atoms with Gasteiger partial charge in [0.2, 0.25) is 5.84 Å². The second-order valence-electron chi connectivity index (χ2n) is 7.88. The first-order valence-electron chi connectivity index (χ1n) is 10.2. The number of allylic oxidation sites excluding steroid dienone is 1. The van der Waals surface area contributed by atoms with Crippen molar-refractivity contribution < 1.29 is 48.3 Å². The molecule has 0 amide bonds. The summed E-state index contributed by atoms with van der Waals surface area (Å²) >= 11 is 11.9. The van der Waals surface area contributed by atoms with Gasteiger partial charge in [-0.15, -0.1) is 0 Å². The Hall–Kier alpha value is -3.11. The van der Waals surface area contributed by atoms with Crippen LogP contribution >= 0.6 is 23.2 Å². The maximum absolute atomic E-state index is 14.2. The van der Waals surface area contributed by atoms with Gasteiger partial charge in [-0.1, -0.05) is 29.3 Å². The number of anilines is 1. The Labute approximate surface area is 220 Å². The van der Waals surface area contributed by atoms with Gasteiger partial charge in [-0.3, -0.25) is 10.0 Å². The molecule has 4 rings (SSSR count). The average Bonchev–Trinajstić information content (AvgIpc) is 3.13. The molecule has 2 aromatic carbocycles. The number of fused-ring (bicyclic) bond motifs is 1. The molecule has 39 heavy (non-hydrogen) atoms. The van der Waals surface area contributed by atoms with Gasteiger partial charge in [0.05, 0.1) is 33.4 Å². The van der Waals surface area contributed by atoms with Crippen LogP contribution in [0.3, 0.4) is 0 Å². The van der Waals surface area contributed by atoms with Crippen molar-refractivity contribution >= 4 is 40.6 Å². The normalized spacial score (nSPS) is 19.4. The first-order chi connectivity index (χ1) is 17.9. The molecule has 1 unspecified atom stereocenters. The van der Waals surface area contributed by atoms with Crippen LogP contribution in [0.15, 0.2) is 51.6 Å². The Morgan fingerprint density at radius 1 is 0.872 bits per heavy atom. The van der Waals surface area contributed by atoms with Gasteiger partial charge in [-0.2, -0.15) is 44.9 Å². The van der Waals surface area contributed by atoms with E-state index in [2.05, 4.69) is 15.4 Å². The van der Waals surface area contributed by atoms with Crippen molar-refractivity contribution in [2.45, 2.75) is 31.2 Å². The molecule has 1 saturated heterocycles. The van der Waals surface area contributed by atoms with Crippen molar-refractivity contribution in [3.8, 4) is 0 Å². The number of nitrogens with zero attached hydrogens (tertiary/aromatic N) is 3. The summed E-state index contributed by atoms with van der Waals surface area (Å²) in [6, 6.07) is 3.35. The second-order valence-corrected chi connectivity index (χ2v) is 8.69. The van der Waals surface area contributed by atoms with Gasteiger partial charge in [0.1, 0.15) is 23.5 Å². The van der Waals surface area contributed by atoms with Crippen molar-refractivity contribution in [2.24, 2.45) is 9.98 Å². The highest BCUT2D eigenvalue weighted by atomic mass is 35.5. The number of aliphatic imine (C=N–C) groups is 2. The van der Waals surface area contributed by atoms with Gasteiger partial charge in [0.15, 0.2) is 5.84 Å². The molecular formula is C21H10Cl2F11N5. The summed E-state index contributed by atoms with van der Waals surface area (Å²) in [5, 5.41) is 0.0307. The highest BCUT2D eigenvalue weighted by molar-refractivity contribution is 6.40. The van der Waals surface area contributed by atoms with E-state index in [-0.39, 0.29) is 0 Å². The summed E-state index contributed by atoms with van der Waals surface area (Å²) in [6.07, 6.45) is -18.0. The van der Waals surface area contributed by atoms with E-state index >= 15 is 0 Å². The number of hydrogen-bond acceptors (Lipinski definition) is 4. The maximum atomic E-state index is 14.2. The lowest BCUT2D eigenvalue weighted by molar-refractivity contribution is -0.137. The molecule has 210 valence electrons. The lowest BCUT2D eigenvalue weighted by atomic mass is 10.1. The van der Waals surface area contributed by atoms with E-state index in [4.69, 9.17) is 23.2 Å². The molecule has 0 saturated carbocycles. The Morgan fingerprint density at radius 3 is 1.92 bits per heavy atom. The molecule has 1 fully saturated rings. The molecule has 5 nitrogen and oxygen atoms in total. The van der Waals surface area contributed by atoms with Crippen LogP contribution in [0.25, 0.3) is 0 Å². The van der Waals surface area contributed by atoms with E-state index in [1.54, 1.807) is 0 Å². The van der Waals surface area contributed by atoms with Crippen LogP contribution in [0, 0.1) is 11.6 Å². The zero-order valence-corrected chi connectivity index (χ0v) is 19.9. The zero-order chi connectivity index (χ0) is 29.1. The Balaban J connectivity index is 1.95. The van der Waals surface area contributed by atoms with Crippen LogP contribution in [-0.2, 0) is 12.7 Å². The second kappa shape index (κ2) is 9.82. The van der Waals surface area contributed by atoms with E-state index in [0.717, 1.165) is 23.5 Å². The van der Waals surface area contributed by atoms with E-state index in [9.17, 15) is 48.3 Å². The largest absolute Gasteiger partial charge is 0.449 e. The number of hydrogen-bond donors (Lipinski definition) is 2. The summed E-state index contributed by atoms with van der Waals surface area (Å²) in [6.45, 7) is -0.987. The summed E-state index contributed by atoms with van der Waals surface area (Å²) < 4.78 is 150. The minimum absolute atomic E-state index is 0.363. The maximum Gasteiger partial charge on any atom is 0.449 e. The number of benzene rings is 2. The van der Waals surface area contributed by atoms with E-state index < -0.39 is 92.7 Å². The number of hydrazine groups is 1. The van der Waals surface area contributed by atoms with Crippen molar-refractivity contribution in [1.82, 2.24) is 10.7 Å². The fourth-order valence-corrected chi connectivity index (χ4v) is 4.31. The molecule has 2 aromatic rings. The lowest BCUT2D eigenvalue weighted by Crippen LogP contribution is -2.47.